The largest absolute Gasteiger partial charge is 0.505 e. The fraction of sp³-hybridized carbons (Fsp3) is 0.500. The number of phenolic OH excluding ortho intramolecular Hbond substituents is 1. The maximum atomic E-state index is 12.3. The molecule has 0 saturated heterocycles. The van der Waals surface area contributed by atoms with Gasteiger partial charge in [-0.05, 0) is 37.8 Å². The molecule has 0 aliphatic carbocycles. The van der Waals surface area contributed by atoms with Crippen molar-refractivity contribution in [3.63, 3.8) is 0 Å². The summed E-state index contributed by atoms with van der Waals surface area (Å²) in [5.41, 5.74) is 0.0189. The van der Waals surface area contributed by atoms with Gasteiger partial charge >= 0.3 is 0 Å². The van der Waals surface area contributed by atoms with Crippen molar-refractivity contribution in [3.05, 3.63) is 23.8 Å². The highest BCUT2D eigenvalue weighted by atomic mass is 16.3. The Hall–Kier alpha value is -2.04. The summed E-state index contributed by atoms with van der Waals surface area (Å²) in [6.45, 7) is 10.2. The van der Waals surface area contributed by atoms with Crippen molar-refractivity contribution < 1.29 is 14.7 Å². The molecular formula is C16H24N2O3. The van der Waals surface area contributed by atoms with Crippen molar-refractivity contribution >= 4 is 18.0 Å². The van der Waals surface area contributed by atoms with Crippen LogP contribution in [0.5, 0.6) is 5.75 Å². The number of anilines is 1. The lowest BCUT2D eigenvalue weighted by atomic mass is 9.81. The number of hydrogen-bond donors (Lipinski definition) is 3. The molecule has 0 fully saturated rings. The highest BCUT2D eigenvalue weighted by Crippen LogP contribution is 2.30. The zero-order valence-electron chi connectivity index (χ0n) is 13.3. The Bertz CT molecular complexity index is 531. The molecule has 0 aliphatic rings. The molecule has 3 N–H and O–H groups in total. The molecule has 5 heteroatoms. The van der Waals surface area contributed by atoms with Gasteiger partial charge in [0.05, 0.1) is 11.3 Å². The first-order valence-electron chi connectivity index (χ1n) is 6.90. The van der Waals surface area contributed by atoms with Crippen LogP contribution in [-0.4, -0.2) is 23.0 Å². The van der Waals surface area contributed by atoms with E-state index in [0.29, 0.717) is 6.41 Å². The van der Waals surface area contributed by atoms with Gasteiger partial charge in [-0.3, -0.25) is 9.59 Å². The minimum Gasteiger partial charge on any atom is -0.505 e. The molecule has 1 rings (SSSR count). The van der Waals surface area contributed by atoms with Gasteiger partial charge in [-0.25, -0.2) is 0 Å². The third kappa shape index (κ3) is 5.10. The van der Waals surface area contributed by atoms with Crippen LogP contribution in [-0.2, 0) is 4.79 Å². The fourth-order valence-electron chi connectivity index (χ4n) is 2.65. The van der Waals surface area contributed by atoms with E-state index in [1.165, 1.54) is 12.1 Å². The summed E-state index contributed by atoms with van der Waals surface area (Å²) < 4.78 is 0. The number of amides is 2. The zero-order chi connectivity index (χ0) is 16.3. The van der Waals surface area contributed by atoms with Crippen molar-refractivity contribution in [1.82, 2.24) is 5.32 Å². The normalized spacial score (nSPS) is 11.9. The average molecular weight is 292 g/mol. The number of nitrogens with one attached hydrogen (secondary N) is 2. The summed E-state index contributed by atoms with van der Waals surface area (Å²) in [4.78, 5) is 22.8. The van der Waals surface area contributed by atoms with E-state index >= 15 is 0 Å². The third-order valence-corrected chi connectivity index (χ3v) is 2.92. The molecule has 0 unspecified atom stereocenters. The van der Waals surface area contributed by atoms with Crippen LogP contribution < -0.4 is 10.6 Å². The van der Waals surface area contributed by atoms with Crippen LogP contribution in [0.1, 0.15) is 51.4 Å². The van der Waals surface area contributed by atoms with E-state index in [-0.39, 0.29) is 28.3 Å². The molecule has 0 aliphatic heterocycles. The van der Waals surface area contributed by atoms with E-state index in [2.05, 4.69) is 31.4 Å². The van der Waals surface area contributed by atoms with Gasteiger partial charge in [0.15, 0.2) is 5.75 Å². The lowest BCUT2D eigenvalue weighted by Gasteiger charge is -2.33. The van der Waals surface area contributed by atoms with Gasteiger partial charge in [0.1, 0.15) is 0 Å². The highest BCUT2D eigenvalue weighted by molar-refractivity contribution is 5.99. The van der Waals surface area contributed by atoms with Crippen LogP contribution in [0.15, 0.2) is 18.2 Å². The van der Waals surface area contributed by atoms with Gasteiger partial charge in [-0.15, -0.1) is 0 Å². The Kier molecular flexibility index (Phi) is 4.99. The Morgan fingerprint density at radius 2 is 1.86 bits per heavy atom. The first kappa shape index (κ1) is 17.0. The van der Waals surface area contributed by atoms with Crippen LogP contribution in [0.25, 0.3) is 0 Å². The SMILES string of the molecule is CC(C)(C)CC(C)(C)NC(=O)c1cccc(NC=O)c1O. The van der Waals surface area contributed by atoms with Crippen LogP contribution in [0.3, 0.4) is 0 Å². The number of rotatable bonds is 5. The van der Waals surface area contributed by atoms with Gasteiger partial charge in [0.25, 0.3) is 5.91 Å². The number of para-hydroxylation sites is 1. The van der Waals surface area contributed by atoms with E-state index in [1.54, 1.807) is 6.07 Å². The molecule has 0 spiro atoms. The molecule has 5 nitrogen and oxygen atoms in total. The topological polar surface area (TPSA) is 78.4 Å². The number of aromatic hydroxyl groups is 1. The number of benzene rings is 1. The second-order valence-electron chi connectivity index (χ2n) is 7.04. The second kappa shape index (κ2) is 6.16. The molecular weight excluding hydrogens is 268 g/mol. The first-order chi connectivity index (χ1) is 9.56. The molecule has 0 aromatic heterocycles. The van der Waals surface area contributed by atoms with Crippen molar-refractivity contribution in [2.75, 3.05) is 5.32 Å². The Balaban J connectivity index is 2.94. The van der Waals surface area contributed by atoms with Gasteiger partial charge in [-0.2, -0.15) is 0 Å². The van der Waals surface area contributed by atoms with Crippen molar-refractivity contribution in [1.29, 1.82) is 0 Å². The summed E-state index contributed by atoms with van der Waals surface area (Å²) >= 11 is 0. The standard InChI is InChI=1S/C16H24N2O3/c1-15(2,3)9-16(4,5)18-14(21)11-7-6-8-12(13(11)20)17-10-19/h6-8,10,20H,9H2,1-5H3,(H,17,19)(H,18,21). The van der Waals surface area contributed by atoms with E-state index in [9.17, 15) is 14.7 Å². The number of hydrogen-bond acceptors (Lipinski definition) is 3. The van der Waals surface area contributed by atoms with E-state index < -0.39 is 5.54 Å². The van der Waals surface area contributed by atoms with Crippen LogP contribution in [0, 0.1) is 5.41 Å². The molecule has 0 radical (unpaired) electrons. The minimum atomic E-state index is -0.407. The van der Waals surface area contributed by atoms with Crippen LogP contribution in [0.4, 0.5) is 5.69 Å². The Labute approximate surface area is 125 Å². The molecule has 1 aromatic rings. The van der Waals surface area contributed by atoms with Crippen LogP contribution >= 0.6 is 0 Å². The zero-order valence-corrected chi connectivity index (χ0v) is 13.3. The third-order valence-electron chi connectivity index (χ3n) is 2.92. The van der Waals surface area contributed by atoms with Gasteiger partial charge < -0.3 is 15.7 Å². The lowest BCUT2D eigenvalue weighted by Crippen LogP contribution is -2.45. The average Bonchev–Trinajstić information content (AvgIpc) is 2.27. The fourth-order valence-corrected chi connectivity index (χ4v) is 2.65. The summed E-state index contributed by atoms with van der Waals surface area (Å²) in [5, 5.41) is 15.3. The molecule has 21 heavy (non-hydrogen) atoms. The monoisotopic (exact) mass is 292 g/mol. The predicted octanol–water partition coefficient (Wildman–Crippen LogP) is 2.91. The number of phenols is 1. The summed E-state index contributed by atoms with van der Waals surface area (Å²) in [5.74, 6) is -0.593. The maximum Gasteiger partial charge on any atom is 0.255 e. The Morgan fingerprint density at radius 1 is 1.24 bits per heavy atom. The van der Waals surface area contributed by atoms with Gasteiger partial charge in [0.2, 0.25) is 6.41 Å². The molecule has 0 heterocycles. The molecule has 0 atom stereocenters. The highest BCUT2D eigenvalue weighted by Gasteiger charge is 2.28. The Morgan fingerprint density at radius 3 is 2.38 bits per heavy atom. The molecule has 116 valence electrons. The first-order valence-corrected chi connectivity index (χ1v) is 6.90. The molecule has 0 bridgehead atoms. The quantitative estimate of drug-likeness (QED) is 0.577. The molecule has 2 amide bonds. The van der Waals surface area contributed by atoms with Crippen molar-refractivity contribution in [2.45, 2.75) is 46.6 Å². The maximum absolute atomic E-state index is 12.3. The summed E-state index contributed by atoms with van der Waals surface area (Å²) in [6, 6.07) is 4.66. The van der Waals surface area contributed by atoms with E-state index in [0.717, 1.165) is 6.42 Å². The number of carbonyl (C=O) groups is 2. The van der Waals surface area contributed by atoms with Crippen LogP contribution in [0.2, 0.25) is 0 Å². The summed E-state index contributed by atoms with van der Waals surface area (Å²) in [7, 11) is 0. The van der Waals surface area contributed by atoms with E-state index in [1.807, 2.05) is 13.8 Å². The smallest absolute Gasteiger partial charge is 0.255 e. The molecule has 1 aromatic carbocycles. The van der Waals surface area contributed by atoms with Gasteiger partial charge in [0, 0.05) is 5.54 Å². The van der Waals surface area contributed by atoms with E-state index in [4.69, 9.17) is 0 Å². The molecule has 0 saturated carbocycles. The van der Waals surface area contributed by atoms with Crippen molar-refractivity contribution in [2.24, 2.45) is 5.41 Å². The van der Waals surface area contributed by atoms with Crippen molar-refractivity contribution in [3.8, 4) is 5.75 Å². The predicted molar refractivity (Wildman–Crippen MR) is 83.4 cm³/mol. The summed E-state index contributed by atoms with van der Waals surface area (Å²) in [6.07, 6.45) is 1.25. The lowest BCUT2D eigenvalue weighted by molar-refractivity contribution is -0.105. The number of carbonyl (C=O) groups excluding carboxylic acids is 2. The minimum absolute atomic E-state index is 0.0692. The van der Waals surface area contributed by atoms with Gasteiger partial charge in [-0.1, -0.05) is 26.8 Å². The second-order valence-corrected chi connectivity index (χ2v) is 7.04.